The Morgan fingerprint density at radius 3 is 2.32 bits per heavy atom. The van der Waals surface area contributed by atoms with Crippen molar-refractivity contribution in [1.29, 1.82) is 0 Å². The van der Waals surface area contributed by atoms with Crippen LogP contribution in [0.4, 0.5) is 5.69 Å². The molecule has 4 aliphatic carbocycles. The van der Waals surface area contributed by atoms with Crippen LogP contribution in [0.5, 0.6) is 0 Å². The van der Waals surface area contributed by atoms with E-state index in [0.29, 0.717) is 5.56 Å². The second kappa shape index (κ2) is 6.11. The number of rotatable bonds is 5. The van der Waals surface area contributed by atoms with Gasteiger partial charge in [0, 0.05) is 17.7 Å². The molecule has 0 radical (unpaired) electrons. The van der Waals surface area contributed by atoms with Gasteiger partial charge in [0.25, 0.3) is 5.69 Å². The normalized spacial score (nSPS) is 33.9. The molecule has 4 saturated carbocycles. The van der Waals surface area contributed by atoms with Crippen molar-refractivity contribution in [1.82, 2.24) is 5.32 Å². The Balaban J connectivity index is 1.44. The highest BCUT2D eigenvalue weighted by molar-refractivity contribution is 5.80. The summed E-state index contributed by atoms with van der Waals surface area (Å²) >= 11 is 0. The quantitative estimate of drug-likeness (QED) is 0.652. The van der Waals surface area contributed by atoms with Crippen molar-refractivity contribution in [3.8, 4) is 0 Å². The van der Waals surface area contributed by atoms with Crippen LogP contribution in [0.1, 0.15) is 51.0 Å². The highest BCUT2D eigenvalue weighted by Crippen LogP contribution is 2.61. The number of benzene rings is 1. The van der Waals surface area contributed by atoms with Crippen LogP contribution in [0.2, 0.25) is 0 Å². The monoisotopic (exact) mass is 342 g/mol. The smallest absolute Gasteiger partial charge is 0.273 e. The van der Waals surface area contributed by atoms with E-state index in [2.05, 4.69) is 12.2 Å². The lowest BCUT2D eigenvalue weighted by atomic mass is 9.48. The SMILES string of the molecule is CC(NC(=O)Cc1ccccc1[N+](=O)[O-])C12CC3CC(CC(C3)C1)C2. The van der Waals surface area contributed by atoms with Gasteiger partial charge in [0.05, 0.1) is 11.3 Å². The molecule has 5 nitrogen and oxygen atoms in total. The standard InChI is InChI=1S/C20H26N2O3/c1-13(20-10-14-6-15(11-20)8-16(7-14)12-20)21-19(23)9-17-4-2-3-5-18(17)22(24)25/h2-5,13-16H,6-12H2,1H3,(H,21,23). The van der Waals surface area contributed by atoms with Crippen LogP contribution in [0.3, 0.4) is 0 Å². The summed E-state index contributed by atoms with van der Waals surface area (Å²) in [6, 6.07) is 6.67. The van der Waals surface area contributed by atoms with Crippen molar-refractivity contribution in [2.75, 3.05) is 0 Å². The number of nitro groups is 1. The Morgan fingerprint density at radius 2 is 1.76 bits per heavy atom. The Kier molecular flexibility index (Phi) is 4.05. The summed E-state index contributed by atoms with van der Waals surface area (Å²) in [6.07, 6.45) is 7.96. The molecule has 0 spiro atoms. The first-order valence-corrected chi connectivity index (χ1v) is 9.47. The van der Waals surface area contributed by atoms with Gasteiger partial charge in [-0.2, -0.15) is 0 Å². The average molecular weight is 342 g/mol. The van der Waals surface area contributed by atoms with E-state index < -0.39 is 4.92 Å². The summed E-state index contributed by atoms with van der Waals surface area (Å²) in [5.41, 5.74) is 0.773. The molecule has 25 heavy (non-hydrogen) atoms. The third kappa shape index (κ3) is 3.05. The van der Waals surface area contributed by atoms with Crippen molar-refractivity contribution >= 4 is 11.6 Å². The van der Waals surface area contributed by atoms with Gasteiger partial charge in [-0.1, -0.05) is 18.2 Å². The lowest BCUT2D eigenvalue weighted by Crippen LogP contribution is -2.56. The third-order valence-electron chi connectivity index (χ3n) is 6.92. The van der Waals surface area contributed by atoms with Gasteiger partial charge in [0.2, 0.25) is 5.91 Å². The summed E-state index contributed by atoms with van der Waals surface area (Å²) in [6.45, 7) is 2.14. The van der Waals surface area contributed by atoms with Crippen molar-refractivity contribution in [2.45, 2.75) is 57.9 Å². The third-order valence-corrected chi connectivity index (χ3v) is 6.92. The molecule has 1 N–H and O–H groups in total. The maximum Gasteiger partial charge on any atom is 0.273 e. The molecule has 5 heteroatoms. The largest absolute Gasteiger partial charge is 0.353 e. The molecule has 134 valence electrons. The van der Waals surface area contributed by atoms with Crippen LogP contribution >= 0.6 is 0 Å². The molecule has 1 aromatic carbocycles. The maximum atomic E-state index is 12.6. The molecule has 4 bridgehead atoms. The molecule has 0 aliphatic heterocycles. The minimum Gasteiger partial charge on any atom is -0.353 e. The molecule has 0 saturated heterocycles. The van der Waals surface area contributed by atoms with Gasteiger partial charge in [-0.25, -0.2) is 0 Å². The summed E-state index contributed by atoms with van der Waals surface area (Å²) < 4.78 is 0. The molecule has 1 aromatic rings. The van der Waals surface area contributed by atoms with E-state index in [-0.39, 0.29) is 29.5 Å². The van der Waals surface area contributed by atoms with Crippen molar-refractivity contribution in [2.24, 2.45) is 23.2 Å². The topological polar surface area (TPSA) is 72.2 Å². The number of hydrogen-bond donors (Lipinski definition) is 1. The predicted molar refractivity (Wildman–Crippen MR) is 95.0 cm³/mol. The number of nitrogens with zero attached hydrogens (tertiary/aromatic N) is 1. The Labute approximate surface area is 148 Å². The lowest BCUT2D eigenvalue weighted by Gasteiger charge is -2.59. The predicted octanol–water partition coefficient (Wildman–Crippen LogP) is 3.86. The van der Waals surface area contributed by atoms with Crippen LogP contribution in [0.25, 0.3) is 0 Å². The summed E-state index contributed by atoms with van der Waals surface area (Å²) in [7, 11) is 0. The van der Waals surface area contributed by atoms with Crippen molar-refractivity contribution in [3.63, 3.8) is 0 Å². The molecule has 1 unspecified atom stereocenters. The van der Waals surface area contributed by atoms with Gasteiger partial charge in [-0.05, 0) is 68.6 Å². The first-order valence-electron chi connectivity index (χ1n) is 9.47. The number of hydrogen-bond acceptors (Lipinski definition) is 3. The van der Waals surface area contributed by atoms with E-state index in [4.69, 9.17) is 0 Å². The zero-order valence-corrected chi connectivity index (χ0v) is 14.7. The average Bonchev–Trinajstić information content (AvgIpc) is 2.53. The second-order valence-electron chi connectivity index (χ2n) is 8.63. The highest BCUT2D eigenvalue weighted by Gasteiger charge is 2.53. The number of para-hydroxylation sites is 1. The maximum absolute atomic E-state index is 12.6. The van der Waals surface area contributed by atoms with E-state index in [1.165, 1.54) is 44.6 Å². The molecule has 1 atom stereocenters. The molecule has 4 fully saturated rings. The zero-order chi connectivity index (χ0) is 17.6. The number of carbonyl (C=O) groups is 1. The van der Waals surface area contributed by atoms with E-state index in [1.807, 2.05) is 0 Å². The zero-order valence-electron chi connectivity index (χ0n) is 14.7. The first kappa shape index (κ1) is 16.6. The van der Waals surface area contributed by atoms with Crippen LogP contribution in [0.15, 0.2) is 24.3 Å². The van der Waals surface area contributed by atoms with E-state index in [0.717, 1.165) is 17.8 Å². The minimum absolute atomic E-state index is 0.0279. The van der Waals surface area contributed by atoms with E-state index in [1.54, 1.807) is 18.2 Å². The van der Waals surface area contributed by atoms with E-state index in [9.17, 15) is 14.9 Å². The molecular weight excluding hydrogens is 316 g/mol. The first-order chi connectivity index (χ1) is 11.9. The number of amides is 1. The second-order valence-corrected chi connectivity index (χ2v) is 8.63. The van der Waals surface area contributed by atoms with Gasteiger partial charge in [-0.15, -0.1) is 0 Å². The minimum atomic E-state index is -0.412. The molecule has 0 heterocycles. The Morgan fingerprint density at radius 1 is 1.20 bits per heavy atom. The highest BCUT2D eigenvalue weighted by atomic mass is 16.6. The van der Waals surface area contributed by atoms with Gasteiger partial charge in [0.15, 0.2) is 0 Å². The number of nitrogens with one attached hydrogen (secondary N) is 1. The molecule has 0 aromatic heterocycles. The Hall–Kier alpha value is -1.91. The van der Waals surface area contributed by atoms with E-state index >= 15 is 0 Å². The number of nitro benzene ring substituents is 1. The van der Waals surface area contributed by atoms with Gasteiger partial charge < -0.3 is 5.32 Å². The molecule has 1 amide bonds. The Bertz CT molecular complexity index is 665. The van der Waals surface area contributed by atoms with Crippen LogP contribution in [0, 0.1) is 33.3 Å². The van der Waals surface area contributed by atoms with Gasteiger partial charge >= 0.3 is 0 Å². The fourth-order valence-corrected chi connectivity index (χ4v) is 6.16. The fourth-order valence-electron chi connectivity index (χ4n) is 6.16. The molecule has 5 rings (SSSR count). The summed E-state index contributed by atoms with van der Waals surface area (Å²) in [4.78, 5) is 23.3. The molecular formula is C20H26N2O3. The van der Waals surface area contributed by atoms with Crippen LogP contribution < -0.4 is 5.32 Å². The van der Waals surface area contributed by atoms with Crippen LogP contribution in [-0.4, -0.2) is 16.9 Å². The fraction of sp³-hybridized carbons (Fsp3) is 0.650. The molecule has 4 aliphatic rings. The summed E-state index contributed by atoms with van der Waals surface area (Å²) in [5, 5.41) is 14.3. The number of carbonyl (C=O) groups excluding carboxylic acids is 1. The van der Waals surface area contributed by atoms with Crippen molar-refractivity contribution in [3.05, 3.63) is 39.9 Å². The van der Waals surface area contributed by atoms with Crippen LogP contribution in [-0.2, 0) is 11.2 Å². The van der Waals surface area contributed by atoms with Crippen molar-refractivity contribution < 1.29 is 9.72 Å². The van der Waals surface area contributed by atoms with Gasteiger partial charge in [0.1, 0.15) is 0 Å². The lowest BCUT2D eigenvalue weighted by molar-refractivity contribution is -0.385. The van der Waals surface area contributed by atoms with Gasteiger partial charge in [-0.3, -0.25) is 14.9 Å². The summed E-state index contributed by atoms with van der Waals surface area (Å²) in [5.74, 6) is 2.44.